The van der Waals surface area contributed by atoms with Crippen molar-refractivity contribution in [1.82, 2.24) is 0 Å². The van der Waals surface area contributed by atoms with Gasteiger partial charge in [0.1, 0.15) is 11.6 Å². The molecule has 0 aliphatic heterocycles. The normalized spacial score (nSPS) is 12.4. The van der Waals surface area contributed by atoms with Crippen LogP contribution in [0.2, 0.25) is 0 Å². The van der Waals surface area contributed by atoms with Gasteiger partial charge in [-0.3, -0.25) is 0 Å². The lowest BCUT2D eigenvalue weighted by atomic mass is 9.98. The Morgan fingerprint density at radius 1 is 0.947 bits per heavy atom. The van der Waals surface area contributed by atoms with Gasteiger partial charge in [-0.25, -0.2) is 8.78 Å². The Hall–Kier alpha value is -1.74. The molecule has 0 aromatic heterocycles. The van der Waals surface area contributed by atoms with Gasteiger partial charge in [-0.2, -0.15) is 0 Å². The summed E-state index contributed by atoms with van der Waals surface area (Å²) in [5, 5.41) is 0. The van der Waals surface area contributed by atoms with Crippen molar-refractivity contribution in [2.24, 2.45) is 5.73 Å². The lowest BCUT2D eigenvalue weighted by Gasteiger charge is -2.13. The molecule has 0 saturated carbocycles. The molecule has 0 aliphatic rings. The van der Waals surface area contributed by atoms with E-state index in [9.17, 15) is 8.78 Å². The van der Waals surface area contributed by atoms with Crippen molar-refractivity contribution in [2.45, 2.75) is 25.8 Å². The van der Waals surface area contributed by atoms with Crippen molar-refractivity contribution in [1.29, 1.82) is 0 Å². The highest BCUT2D eigenvalue weighted by Gasteiger charge is 2.09. The van der Waals surface area contributed by atoms with E-state index in [1.54, 1.807) is 0 Å². The Kier molecular flexibility index (Phi) is 4.27. The molecule has 0 spiro atoms. The molecule has 19 heavy (non-hydrogen) atoms. The topological polar surface area (TPSA) is 26.0 Å². The lowest BCUT2D eigenvalue weighted by molar-refractivity contribution is 0.576. The number of hydrogen-bond acceptors (Lipinski definition) is 1. The quantitative estimate of drug-likeness (QED) is 0.890. The lowest BCUT2D eigenvalue weighted by Crippen LogP contribution is -2.13. The summed E-state index contributed by atoms with van der Waals surface area (Å²) in [5.74, 6) is -1.13. The second kappa shape index (κ2) is 5.93. The van der Waals surface area contributed by atoms with Gasteiger partial charge in [-0.05, 0) is 41.7 Å². The van der Waals surface area contributed by atoms with E-state index in [0.29, 0.717) is 12.0 Å². The first-order valence-electron chi connectivity index (χ1n) is 6.38. The maximum absolute atomic E-state index is 13.1. The predicted octanol–water partition coefficient (Wildman–Crippen LogP) is 3.77. The molecular weight excluding hydrogens is 244 g/mol. The SMILES string of the molecule is CCc1ccc(C(N)Cc2cc(F)cc(F)c2)cc1. The third-order valence-electron chi connectivity index (χ3n) is 3.19. The zero-order valence-electron chi connectivity index (χ0n) is 10.9. The van der Waals surface area contributed by atoms with Gasteiger partial charge in [0.05, 0.1) is 0 Å². The van der Waals surface area contributed by atoms with Gasteiger partial charge in [0.25, 0.3) is 0 Å². The van der Waals surface area contributed by atoms with Gasteiger partial charge < -0.3 is 5.73 Å². The third-order valence-corrected chi connectivity index (χ3v) is 3.19. The Morgan fingerprint density at radius 2 is 1.53 bits per heavy atom. The van der Waals surface area contributed by atoms with Crippen LogP contribution >= 0.6 is 0 Å². The molecule has 1 atom stereocenters. The Labute approximate surface area is 112 Å². The highest BCUT2D eigenvalue weighted by Crippen LogP contribution is 2.18. The maximum Gasteiger partial charge on any atom is 0.126 e. The Bertz CT molecular complexity index is 529. The Balaban J connectivity index is 2.13. The zero-order valence-corrected chi connectivity index (χ0v) is 10.9. The first-order valence-corrected chi connectivity index (χ1v) is 6.38. The minimum atomic E-state index is -0.566. The van der Waals surface area contributed by atoms with Crippen molar-refractivity contribution < 1.29 is 8.78 Å². The van der Waals surface area contributed by atoms with E-state index in [4.69, 9.17) is 5.73 Å². The second-order valence-corrected chi connectivity index (χ2v) is 4.68. The number of aryl methyl sites for hydroxylation is 1. The van der Waals surface area contributed by atoms with Crippen LogP contribution in [0.25, 0.3) is 0 Å². The molecule has 0 radical (unpaired) electrons. The molecule has 100 valence electrons. The third kappa shape index (κ3) is 3.61. The van der Waals surface area contributed by atoms with Gasteiger partial charge >= 0.3 is 0 Å². The van der Waals surface area contributed by atoms with Gasteiger partial charge in [-0.1, -0.05) is 31.2 Å². The summed E-state index contributed by atoms with van der Waals surface area (Å²) in [6, 6.07) is 11.3. The van der Waals surface area contributed by atoms with Crippen molar-refractivity contribution >= 4 is 0 Å². The van der Waals surface area contributed by atoms with E-state index < -0.39 is 11.6 Å². The summed E-state index contributed by atoms with van der Waals surface area (Å²) in [6.07, 6.45) is 1.39. The summed E-state index contributed by atoms with van der Waals surface area (Å²) in [5.41, 5.74) is 8.86. The smallest absolute Gasteiger partial charge is 0.126 e. The van der Waals surface area contributed by atoms with Crippen LogP contribution in [0.3, 0.4) is 0 Å². The van der Waals surface area contributed by atoms with E-state index in [1.807, 2.05) is 24.3 Å². The first kappa shape index (κ1) is 13.7. The average Bonchev–Trinajstić information content (AvgIpc) is 2.37. The molecule has 0 aliphatic carbocycles. The van der Waals surface area contributed by atoms with Gasteiger partial charge in [0.15, 0.2) is 0 Å². The molecule has 3 heteroatoms. The van der Waals surface area contributed by atoms with E-state index in [2.05, 4.69) is 6.92 Å². The molecule has 1 nitrogen and oxygen atoms in total. The first-order chi connectivity index (χ1) is 9.08. The zero-order chi connectivity index (χ0) is 13.8. The molecule has 1 unspecified atom stereocenters. The number of hydrogen-bond donors (Lipinski definition) is 1. The molecule has 0 fully saturated rings. The van der Waals surface area contributed by atoms with E-state index >= 15 is 0 Å². The van der Waals surface area contributed by atoms with Gasteiger partial charge in [-0.15, -0.1) is 0 Å². The molecule has 0 saturated heterocycles. The van der Waals surface area contributed by atoms with Crippen LogP contribution in [0.15, 0.2) is 42.5 Å². The maximum atomic E-state index is 13.1. The van der Waals surface area contributed by atoms with Crippen molar-refractivity contribution in [3.63, 3.8) is 0 Å². The number of rotatable bonds is 4. The van der Waals surface area contributed by atoms with E-state index in [-0.39, 0.29) is 6.04 Å². The summed E-state index contributed by atoms with van der Waals surface area (Å²) >= 11 is 0. The van der Waals surface area contributed by atoms with Crippen molar-refractivity contribution in [3.05, 3.63) is 70.8 Å². The van der Waals surface area contributed by atoms with Crippen LogP contribution in [-0.4, -0.2) is 0 Å². The minimum absolute atomic E-state index is 0.257. The van der Waals surface area contributed by atoms with Crippen LogP contribution in [0.5, 0.6) is 0 Å². The molecule has 2 rings (SSSR count). The Morgan fingerprint density at radius 3 is 2.05 bits per heavy atom. The van der Waals surface area contributed by atoms with E-state index in [1.165, 1.54) is 17.7 Å². The summed E-state index contributed by atoms with van der Waals surface area (Å²) in [7, 11) is 0. The minimum Gasteiger partial charge on any atom is -0.324 e. The second-order valence-electron chi connectivity index (χ2n) is 4.68. The molecule has 2 aromatic carbocycles. The molecule has 0 amide bonds. The number of benzene rings is 2. The fourth-order valence-electron chi connectivity index (χ4n) is 2.10. The van der Waals surface area contributed by atoms with Crippen LogP contribution in [-0.2, 0) is 12.8 Å². The average molecular weight is 261 g/mol. The fraction of sp³-hybridized carbons (Fsp3) is 0.250. The fourth-order valence-corrected chi connectivity index (χ4v) is 2.10. The summed E-state index contributed by atoms with van der Waals surface area (Å²) in [6.45, 7) is 2.09. The van der Waals surface area contributed by atoms with Gasteiger partial charge in [0.2, 0.25) is 0 Å². The molecule has 0 heterocycles. The number of nitrogens with two attached hydrogens (primary N) is 1. The van der Waals surface area contributed by atoms with Crippen LogP contribution in [0, 0.1) is 11.6 Å². The monoisotopic (exact) mass is 261 g/mol. The summed E-state index contributed by atoms with van der Waals surface area (Å²) < 4.78 is 26.2. The molecular formula is C16H17F2N. The molecule has 0 bridgehead atoms. The van der Waals surface area contributed by atoms with Crippen LogP contribution < -0.4 is 5.73 Å². The largest absolute Gasteiger partial charge is 0.324 e. The van der Waals surface area contributed by atoms with Crippen molar-refractivity contribution in [3.8, 4) is 0 Å². The predicted molar refractivity (Wildman–Crippen MR) is 72.8 cm³/mol. The van der Waals surface area contributed by atoms with Crippen LogP contribution in [0.1, 0.15) is 29.7 Å². The molecule has 2 N–H and O–H groups in total. The highest BCUT2D eigenvalue weighted by atomic mass is 19.1. The van der Waals surface area contributed by atoms with E-state index in [0.717, 1.165) is 18.1 Å². The molecule has 2 aromatic rings. The number of halogens is 2. The van der Waals surface area contributed by atoms with Gasteiger partial charge in [0, 0.05) is 12.1 Å². The highest BCUT2D eigenvalue weighted by molar-refractivity contribution is 5.27. The van der Waals surface area contributed by atoms with Crippen LogP contribution in [0.4, 0.5) is 8.78 Å². The van der Waals surface area contributed by atoms with Crippen molar-refractivity contribution in [2.75, 3.05) is 0 Å². The standard InChI is InChI=1S/C16H17F2N/c1-2-11-3-5-13(6-4-11)16(19)9-12-7-14(17)10-15(18)8-12/h3-8,10,16H,2,9,19H2,1H3. The summed E-state index contributed by atoms with van der Waals surface area (Å²) in [4.78, 5) is 0.